The molecule has 1 aromatic rings. The van der Waals surface area contributed by atoms with Crippen LogP contribution in [0.1, 0.15) is 19.8 Å². The molecule has 15 heavy (non-hydrogen) atoms. The Hall–Kier alpha value is -0.740. The van der Waals surface area contributed by atoms with E-state index in [1.807, 2.05) is 6.92 Å². The monoisotopic (exact) mass is 245 g/mol. The van der Waals surface area contributed by atoms with Crippen molar-refractivity contribution in [2.24, 2.45) is 0 Å². The highest BCUT2D eigenvalue weighted by atomic mass is 35.5. The van der Waals surface area contributed by atoms with Gasteiger partial charge in [0.15, 0.2) is 0 Å². The summed E-state index contributed by atoms with van der Waals surface area (Å²) in [6.07, 6.45) is 3.06. The lowest BCUT2D eigenvalue weighted by Gasteiger charge is -2.10. The zero-order valence-electron chi connectivity index (χ0n) is 8.31. The first-order chi connectivity index (χ1) is 7.15. The van der Waals surface area contributed by atoms with Crippen LogP contribution in [0.3, 0.4) is 0 Å². The Balaban J connectivity index is 2.74. The molecule has 0 aliphatic carbocycles. The molecule has 0 aromatic carbocycles. The summed E-state index contributed by atoms with van der Waals surface area (Å²) < 4.78 is 0. The van der Waals surface area contributed by atoms with E-state index < -0.39 is 11.2 Å². The summed E-state index contributed by atoms with van der Waals surface area (Å²) in [5.41, 5.74) is 0. The minimum absolute atomic E-state index is 0.470. The zero-order chi connectivity index (χ0) is 11.3. The Kier molecular flexibility index (Phi) is 4.91. The lowest BCUT2D eigenvalue weighted by molar-refractivity contribution is -0.136. The molecule has 82 valence electrons. The summed E-state index contributed by atoms with van der Waals surface area (Å²) in [5.74, 6) is -0.816. The van der Waals surface area contributed by atoms with Crippen LogP contribution in [0.25, 0.3) is 0 Å². The number of pyridine rings is 1. The molecular weight excluding hydrogens is 234 g/mol. The van der Waals surface area contributed by atoms with Gasteiger partial charge in [0.1, 0.15) is 10.3 Å². The molecule has 0 saturated heterocycles. The Bertz CT molecular complexity index is 346. The number of carboxylic acids is 1. The number of rotatable bonds is 5. The predicted octanol–water partition coefficient (Wildman–Crippen LogP) is 3.08. The van der Waals surface area contributed by atoms with Crippen molar-refractivity contribution < 1.29 is 9.90 Å². The molecule has 0 aliphatic rings. The van der Waals surface area contributed by atoms with Gasteiger partial charge in [-0.15, -0.1) is 0 Å². The van der Waals surface area contributed by atoms with Gasteiger partial charge in [0, 0.05) is 6.20 Å². The van der Waals surface area contributed by atoms with Gasteiger partial charge < -0.3 is 5.11 Å². The second kappa shape index (κ2) is 5.98. The number of carboxylic acid groups (broad SMARTS) is 1. The number of carbonyl (C=O) groups is 1. The fourth-order valence-corrected chi connectivity index (χ4v) is 2.37. The summed E-state index contributed by atoms with van der Waals surface area (Å²) in [6.45, 7) is 1.95. The normalized spacial score (nSPS) is 12.4. The molecule has 3 nitrogen and oxygen atoms in total. The van der Waals surface area contributed by atoms with E-state index in [2.05, 4.69) is 4.98 Å². The van der Waals surface area contributed by atoms with Crippen LogP contribution in [-0.4, -0.2) is 21.3 Å². The minimum atomic E-state index is -0.816. The van der Waals surface area contributed by atoms with Crippen molar-refractivity contribution in [2.45, 2.75) is 30.0 Å². The van der Waals surface area contributed by atoms with Crippen LogP contribution in [0.5, 0.6) is 0 Å². The van der Waals surface area contributed by atoms with Crippen LogP contribution < -0.4 is 0 Å². The number of thioether (sulfide) groups is 1. The Labute approximate surface area is 97.9 Å². The predicted molar refractivity (Wildman–Crippen MR) is 61.4 cm³/mol. The summed E-state index contributed by atoms with van der Waals surface area (Å²) >= 11 is 7.10. The van der Waals surface area contributed by atoms with Crippen LogP contribution in [0.15, 0.2) is 23.4 Å². The van der Waals surface area contributed by atoms with Crippen LogP contribution >= 0.6 is 23.4 Å². The molecule has 0 aliphatic heterocycles. The molecule has 1 N–H and O–H groups in total. The highest BCUT2D eigenvalue weighted by Crippen LogP contribution is 2.30. The molecule has 0 bridgehead atoms. The SMILES string of the molecule is CCCC(Sc1ncccc1Cl)C(=O)O. The van der Waals surface area contributed by atoms with Gasteiger partial charge in [0.25, 0.3) is 0 Å². The first kappa shape index (κ1) is 12.3. The van der Waals surface area contributed by atoms with Crippen molar-refractivity contribution in [3.05, 3.63) is 23.4 Å². The lowest BCUT2D eigenvalue weighted by Crippen LogP contribution is -2.16. The highest BCUT2D eigenvalue weighted by molar-refractivity contribution is 8.00. The van der Waals surface area contributed by atoms with Gasteiger partial charge >= 0.3 is 5.97 Å². The third-order valence-electron chi connectivity index (χ3n) is 1.80. The fraction of sp³-hybridized carbons (Fsp3) is 0.400. The van der Waals surface area contributed by atoms with E-state index in [9.17, 15) is 4.79 Å². The number of hydrogen-bond donors (Lipinski definition) is 1. The molecule has 1 unspecified atom stereocenters. The summed E-state index contributed by atoms with van der Waals surface area (Å²) in [6, 6.07) is 3.43. The summed E-state index contributed by atoms with van der Waals surface area (Å²) in [5, 5.41) is 9.58. The maximum Gasteiger partial charge on any atom is 0.317 e. The standard InChI is InChI=1S/C10H12ClNO2S/c1-2-4-8(10(13)14)15-9-7(11)5-3-6-12-9/h3,5-6,8H,2,4H2,1H3,(H,13,14). The molecular formula is C10H12ClNO2S. The Morgan fingerprint density at radius 2 is 2.47 bits per heavy atom. The van der Waals surface area contributed by atoms with Gasteiger partial charge in [0.2, 0.25) is 0 Å². The van der Waals surface area contributed by atoms with Crippen molar-refractivity contribution >= 4 is 29.3 Å². The van der Waals surface area contributed by atoms with Crippen LogP contribution in [0, 0.1) is 0 Å². The van der Waals surface area contributed by atoms with E-state index in [0.29, 0.717) is 16.5 Å². The molecule has 0 radical (unpaired) electrons. The van der Waals surface area contributed by atoms with Crippen LogP contribution in [0.2, 0.25) is 5.02 Å². The van der Waals surface area contributed by atoms with Gasteiger partial charge in [0.05, 0.1) is 5.02 Å². The largest absolute Gasteiger partial charge is 0.480 e. The molecule has 0 spiro atoms. The fourth-order valence-electron chi connectivity index (χ4n) is 1.09. The van der Waals surface area contributed by atoms with E-state index in [0.717, 1.165) is 6.42 Å². The van der Waals surface area contributed by atoms with Crippen molar-refractivity contribution in [3.8, 4) is 0 Å². The van der Waals surface area contributed by atoms with Crippen molar-refractivity contribution in [2.75, 3.05) is 0 Å². The van der Waals surface area contributed by atoms with Crippen molar-refractivity contribution in [1.29, 1.82) is 0 Å². The second-order valence-electron chi connectivity index (χ2n) is 3.02. The van der Waals surface area contributed by atoms with Crippen LogP contribution in [0.4, 0.5) is 0 Å². The summed E-state index contributed by atoms with van der Waals surface area (Å²) in [7, 11) is 0. The first-order valence-electron chi connectivity index (χ1n) is 4.65. The maximum absolute atomic E-state index is 10.9. The Morgan fingerprint density at radius 1 is 1.73 bits per heavy atom. The van der Waals surface area contributed by atoms with E-state index in [-0.39, 0.29) is 0 Å². The van der Waals surface area contributed by atoms with Gasteiger partial charge in [-0.25, -0.2) is 4.98 Å². The molecule has 0 saturated carbocycles. The molecule has 1 aromatic heterocycles. The minimum Gasteiger partial charge on any atom is -0.480 e. The lowest BCUT2D eigenvalue weighted by atomic mass is 10.2. The molecule has 1 atom stereocenters. The third kappa shape index (κ3) is 3.72. The number of nitrogens with zero attached hydrogens (tertiary/aromatic N) is 1. The smallest absolute Gasteiger partial charge is 0.317 e. The average molecular weight is 246 g/mol. The topological polar surface area (TPSA) is 50.2 Å². The van der Waals surface area contributed by atoms with Gasteiger partial charge in [-0.05, 0) is 18.6 Å². The van der Waals surface area contributed by atoms with Gasteiger partial charge in [-0.3, -0.25) is 4.79 Å². The van der Waals surface area contributed by atoms with E-state index >= 15 is 0 Å². The van der Waals surface area contributed by atoms with E-state index in [1.165, 1.54) is 11.8 Å². The van der Waals surface area contributed by atoms with Gasteiger partial charge in [-0.1, -0.05) is 36.7 Å². The summed E-state index contributed by atoms with van der Waals surface area (Å²) in [4.78, 5) is 15.0. The van der Waals surface area contributed by atoms with E-state index in [4.69, 9.17) is 16.7 Å². The average Bonchev–Trinajstić information content (AvgIpc) is 2.20. The molecule has 1 heterocycles. The highest BCUT2D eigenvalue weighted by Gasteiger charge is 2.19. The quantitative estimate of drug-likeness (QED) is 0.810. The third-order valence-corrected chi connectivity index (χ3v) is 3.49. The van der Waals surface area contributed by atoms with Crippen molar-refractivity contribution in [1.82, 2.24) is 4.98 Å². The number of aromatic nitrogens is 1. The number of halogens is 1. The molecule has 1 rings (SSSR count). The maximum atomic E-state index is 10.9. The van der Waals surface area contributed by atoms with E-state index in [1.54, 1.807) is 18.3 Å². The Morgan fingerprint density at radius 3 is 3.00 bits per heavy atom. The first-order valence-corrected chi connectivity index (χ1v) is 5.91. The van der Waals surface area contributed by atoms with Crippen LogP contribution in [-0.2, 0) is 4.79 Å². The van der Waals surface area contributed by atoms with Crippen molar-refractivity contribution in [3.63, 3.8) is 0 Å². The number of aliphatic carboxylic acids is 1. The molecule has 5 heteroatoms. The van der Waals surface area contributed by atoms with Gasteiger partial charge in [-0.2, -0.15) is 0 Å². The second-order valence-corrected chi connectivity index (χ2v) is 4.62. The molecule has 0 amide bonds. The molecule has 0 fully saturated rings. The zero-order valence-corrected chi connectivity index (χ0v) is 9.88. The number of hydrogen-bond acceptors (Lipinski definition) is 3.